The fourth-order valence-corrected chi connectivity index (χ4v) is 2.88. The van der Waals surface area contributed by atoms with Gasteiger partial charge in [-0.25, -0.2) is 4.39 Å². The molecule has 0 aromatic heterocycles. The maximum Gasteiger partial charge on any atom is 0.573 e. The molecular formula is C15H18F4O. The van der Waals surface area contributed by atoms with Gasteiger partial charge in [0.1, 0.15) is 0 Å². The lowest BCUT2D eigenvalue weighted by molar-refractivity contribution is -0.275. The van der Waals surface area contributed by atoms with Crippen molar-refractivity contribution >= 4 is 0 Å². The molecule has 0 radical (unpaired) electrons. The van der Waals surface area contributed by atoms with Crippen LogP contribution in [0.5, 0.6) is 5.75 Å². The Morgan fingerprint density at radius 3 is 2.30 bits per heavy atom. The van der Waals surface area contributed by atoms with E-state index in [0.717, 1.165) is 49.7 Å². The van der Waals surface area contributed by atoms with Crippen molar-refractivity contribution in [2.24, 2.45) is 5.92 Å². The summed E-state index contributed by atoms with van der Waals surface area (Å²) in [6, 6.07) is 3.79. The van der Waals surface area contributed by atoms with Crippen LogP contribution in [0.1, 0.15) is 50.5 Å². The number of ether oxygens (including phenoxy) is 1. The molecule has 1 saturated carbocycles. The normalized spacial score (nSPS) is 23.6. The molecule has 0 bridgehead atoms. The molecule has 0 N–H and O–H groups in total. The smallest absolute Gasteiger partial charge is 0.403 e. The van der Waals surface area contributed by atoms with Gasteiger partial charge < -0.3 is 4.74 Å². The molecule has 0 unspecified atom stereocenters. The number of alkyl halides is 3. The molecule has 20 heavy (non-hydrogen) atoms. The van der Waals surface area contributed by atoms with Crippen molar-refractivity contribution in [2.45, 2.75) is 51.3 Å². The highest BCUT2D eigenvalue weighted by atomic mass is 19.4. The van der Waals surface area contributed by atoms with Gasteiger partial charge in [0.2, 0.25) is 0 Å². The Labute approximate surface area is 115 Å². The van der Waals surface area contributed by atoms with Crippen LogP contribution >= 0.6 is 0 Å². The van der Waals surface area contributed by atoms with Crippen molar-refractivity contribution in [3.63, 3.8) is 0 Å². The summed E-state index contributed by atoms with van der Waals surface area (Å²) < 4.78 is 53.5. The standard InChI is InChI=1S/C15H18F4O/c1-2-10-3-5-11(6-4-10)12-7-8-14(13(16)9-12)20-15(17,18)19/h7-11H,2-6H2,1H3. The fraction of sp³-hybridized carbons (Fsp3) is 0.600. The van der Waals surface area contributed by atoms with Gasteiger partial charge in [-0.2, -0.15) is 0 Å². The van der Waals surface area contributed by atoms with Crippen LogP contribution in [0.3, 0.4) is 0 Å². The lowest BCUT2D eigenvalue weighted by atomic mass is 9.78. The van der Waals surface area contributed by atoms with E-state index in [1.165, 1.54) is 6.07 Å². The second kappa shape index (κ2) is 6.02. The topological polar surface area (TPSA) is 9.23 Å². The first-order chi connectivity index (χ1) is 9.39. The zero-order valence-electron chi connectivity index (χ0n) is 11.3. The van der Waals surface area contributed by atoms with Crippen molar-refractivity contribution in [3.05, 3.63) is 29.6 Å². The van der Waals surface area contributed by atoms with E-state index in [0.29, 0.717) is 0 Å². The molecule has 1 aliphatic rings. The van der Waals surface area contributed by atoms with Gasteiger partial charge in [-0.15, -0.1) is 13.2 Å². The Kier molecular flexibility index (Phi) is 4.55. The van der Waals surface area contributed by atoms with Crippen LogP contribution in [0.15, 0.2) is 18.2 Å². The maximum atomic E-state index is 13.7. The first-order valence-corrected chi connectivity index (χ1v) is 6.94. The summed E-state index contributed by atoms with van der Waals surface area (Å²) in [7, 11) is 0. The molecule has 0 aliphatic heterocycles. The van der Waals surface area contributed by atoms with Crippen molar-refractivity contribution in [2.75, 3.05) is 0 Å². The average molecular weight is 290 g/mol. The van der Waals surface area contributed by atoms with Gasteiger partial charge in [-0.3, -0.25) is 0 Å². The van der Waals surface area contributed by atoms with Crippen molar-refractivity contribution in [1.29, 1.82) is 0 Å². The van der Waals surface area contributed by atoms with Gasteiger partial charge >= 0.3 is 6.36 Å². The molecule has 0 spiro atoms. The quantitative estimate of drug-likeness (QED) is 0.676. The van der Waals surface area contributed by atoms with E-state index in [4.69, 9.17) is 0 Å². The molecule has 0 atom stereocenters. The predicted molar refractivity (Wildman–Crippen MR) is 68.1 cm³/mol. The van der Waals surface area contributed by atoms with E-state index < -0.39 is 17.9 Å². The summed E-state index contributed by atoms with van der Waals surface area (Å²) in [5, 5.41) is 0. The van der Waals surface area contributed by atoms with Gasteiger partial charge in [-0.05, 0) is 55.2 Å². The summed E-state index contributed by atoms with van der Waals surface area (Å²) >= 11 is 0. The molecule has 1 aromatic carbocycles. The summed E-state index contributed by atoms with van der Waals surface area (Å²) in [6.45, 7) is 2.16. The Hall–Kier alpha value is -1.26. The third kappa shape index (κ3) is 3.87. The minimum Gasteiger partial charge on any atom is -0.403 e. The van der Waals surface area contributed by atoms with Gasteiger partial charge in [0, 0.05) is 0 Å². The highest BCUT2D eigenvalue weighted by molar-refractivity contribution is 5.31. The molecule has 1 aliphatic carbocycles. The zero-order chi connectivity index (χ0) is 14.8. The highest BCUT2D eigenvalue weighted by Gasteiger charge is 2.32. The number of hydrogen-bond donors (Lipinski definition) is 0. The SMILES string of the molecule is CCC1CCC(c2ccc(OC(F)(F)F)c(F)c2)CC1. The van der Waals surface area contributed by atoms with Crippen LogP contribution in [0.25, 0.3) is 0 Å². The van der Waals surface area contributed by atoms with Crippen LogP contribution in [0.2, 0.25) is 0 Å². The molecule has 1 fully saturated rings. The van der Waals surface area contributed by atoms with Gasteiger partial charge in [-0.1, -0.05) is 19.4 Å². The Morgan fingerprint density at radius 1 is 1.15 bits per heavy atom. The van der Waals surface area contributed by atoms with E-state index in [9.17, 15) is 17.6 Å². The molecule has 1 aromatic rings. The first kappa shape index (κ1) is 15.1. The van der Waals surface area contributed by atoms with Crippen molar-refractivity contribution < 1.29 is 22.3 Å². The Bertz CT molecular complexity index is 448. The van der Waals surface area contributed by atoms with Crippen LogP contribution in [0, 0.1) is 11.7 Å². The maximum absolute atomic E-state index is 13.7. The third-order valence-electron chi connectivity index (χ3n) is 4.08. The monoisotopic (exact) mass is 290 g/mol. The number of rotatable bonds is 3. The van der Waals surface area contributed by atoms with E-state index in [-0.39, 0.29) is 5.92 Å². The van der Waals surface area contributed by atoms with Gasteiger partial charge in [0.25, 0.3) is 0 Å². The molecule has 1 nitrogen and oxygen atoms in total. The Balaban J connectivity index is 2.06. The van der Waals surface area contributed by atoms with Crippen molar-refractivity contribution in [3.8, 4) is 5.75 Å². The summed E-state index contributed by atoms with van der Waals surface area (Å²) in [5.41, 5.74) is 0.770. The molecule has 5 heteroatoms. The highest BCUT2D eigenvalue weighted by Crippen LogP contribution is 2.38. The summed E-state index contributed by atoms with van der Waals surface area (Å²) in [5.74, 6) is -0.739. The minimum atomic E-state index is -4.86. The predicted octanol–water partition coefficient (Wildman–Crippen LogP) is 5.41. The number of halogens is 4. The van der Waals surface area contributed by atoms with Gasteiger partial charge in [0.05, 0.1) is 0 Å². The molecule has 112 valence electrons. The van der Waals surface area contributed by atoms with Crippen molar-refractivity contribution in [1.82, 2.24) is 0 Å². The van der Waals surface area contributed by atoms with Crippen LogP contribution in [0.4, 0.5) is 17.6 Å². The molecule has 2 rings (SSSR count). The first-order valence-electron chi connectivity index (χ1n) is 6.94. The van der Waals surface area contributed by atoms with Crippen LogP contribution in [-0.2, 0) is 0 Å². The van der Waals surface area contributed by atoms with E-state index in [2.05, 4.69) is 11.7 Å². The third-order valence-corrected chi connectivity index (χ3v) is 4.08. The number of hydrogen-bond acceptors (Lipinski definition) is 1. The van der Waals surface area contributed by atoms with Gasteiger partial charge in [0.15, 0.2) is 11.6 Å². The lowest BCUT2D eigenvalue weighted by Gasteiger charge is -2.28. The van der Waals surface area contributed by atoms with Crippen LogP contribution in [-0.4, -0.2) is 6.36 Å². The average Bonchev–Trinajstić information content (AvgIpc) is 2.40. The largest absolute Gasteiger partial charge is 0.573 e. The fourth-order valence-electron chi connectivity index (χ4n) is 2.88. The summed E-state index contributed by atoms with van der Waals surface area (Å²) in [4.78, 5) is 0. The second-order valence-corrected chi connectivity index (χ2v) is 5.36. The lowest BCUT2D eigenvalue weighted by Crippen LogP contribution is -2.18. The van der Waals surface area contributed by atoms with E-state index >= 15 is 0 Å². The molecule has 0 heterocycles. The van der Waals surface area contributed by atoms with E-state index in [1.807, 2.05) is 0 Å². The number of benzene rings is 1. The summed E-state index contributed by atoms with van der Waals surface area (Å²) in [6.07, 6.45) is 0.434. The second-order valence-electron chi connectivity index (χ2n) is 5.36. The molecule has 0 saturated heterocycles. The minimum absolute atomic E-state index is 0.243. The van der Waals surface area contributed by atoms with E-state index in [1.54, 1.807) is 6.07 Å². The zero-order valence-corrected chi connectivity index (χ0v) is 11.3. The van der Waals surface area contributed by atoms with Crippen LogP contribution < -0.4 is 4.74 Å². The molecule has 0 amide bonds. The Morgan fingerprint density at radius 2 is 1.80 bits per heavy atom. The molecular weight excluding hydrogens is 272 g/mol.